The van der Waals surface area contributed by atoms with Crippen LogP contribution in [-0.4, -0.2) is 15.6 Å². The van der Waals surface area contributed by atoms with E-state index < -0.39 is 29.0 Å². The van der Waals surface area contributed by atoms with Crippen LogP contribution in [0.1, 0.15) is 15.9 Å². The Balaban J connectivity index is 2.76. The third-order valence-corrected chi connectivity index (χ3v) is 3.17. The molecule has 0 amide bonds. The number of carboxylic acids is 1. The number of aromatic carboxylic acids is 1. The highest BCUT2D eigenvalue weighted by atomic mass is 79.9. The van der Waals surface area contributed by atoms with Crippen molar-refractivity contribution >= 4 is 21.9 Å². The molecule has 0 radical (unpaired) electrons. The number of alkyl halides is 3. The van der Waals surface area contributed by atoms with Gasteiger partial charge in [0, 0.05) is 16.7 Å². The maximum Gasteiger partial charge on any atom is 0.418 e. The lowest BCUT2D eigenvalue weighted by atomic mass is 10.1. The van der Waals surface area contributed by atoms with Crippen LogP contribution < -0.4 is 5.56 Å². The molecule has 4 nitrogen and oxygen atoms in total. The number of aromatic nitrogens is 1. The van der Waals surface area contributed by atoms with E-state index in [1.807, 2.05) is 0 Å². The monoisotopic (exact) mass is 361 g/mol. The van der Waals surface area contributed by atoms with E-state index in [4.69, 9.17) is 5.11 Å². The molecule has 0 bridgehead atoms. The molecular weight excluding hydrogens is 355 g/mol. The van der Waals surface area contributed by atoms with Crippen molar-refractivity contribution in [2.75, 3.05) is 0 Å². The van der Waals surface area contributed by atoms with Crippen molar-refractivity contribution < 1.29 is 23.1 Å². The fourth-order valence-corrected chi connectivity index (χ4v) is 2.11. The van der Waals surface area contributed by atoms with Gasteiger partial charge in [-0.3, -0.25) is 9.36 Å². The van der Waals surface area contributed by atoms with Gasteiger partial charge >= 0.3 is 12.1 Å². The highest BCUT2D eigenvalue weighted by Crippen LogP contribution is 2.35. The Labute approximate surface area is 124 Å². The summed E-state index contributed by atoms with van der Waals surface area (Å²) in [5.41, 5.74) is -2.52. The van der Waals surface area contributed by atoms with Crippen molar-refractivity contribution in [1.29, 1.82) is 0 Å². The maximum absolute atomic E-state index is 13.1. The Morgan fingerprint density at radius 3 is 2.43 bits per heavy atom. The van der Waals surface area contributed by atoms with Crippen LogP contribution in [0.4, 0.5) is 13.2 Å². The van der Waals surface area contributed by atoms with Gasteiger partial charge in [-0.05, 0) is 24.3 Å². The van der Waals surface area contributed by atoms with E-state index in [-0.39, 0.29) is 10.0 Å². The lowest BCUT2D eigenvalue weighted by Crippen LogP contribution is -2.22. The highest BCUT2D eigenvalue weighted by molar-refractivity contribution is 9.10. The molecule has 0 unspecified atom stereocenters. The first-order chi connectivity index (χ1) is 9.70. The van der Waals surface area contributed by atoms with Gasteiger partial charge < -0.3 is 5.11 Å². The van der Waals surface area contributed by atoms with Crippen LogP contribution in [0.2, 0.25) is 0 Å². The summed E-state index contributed by atoms with van der Waals surface area (Å²) in [6.07, 6.45) is -3.82. The molecule has 2 rings (SSSR count). The molecule has 0 aliphatic heterocycles. The Morgan fingerprint density at radius 2 is 1.86 bits per heavy atom. The average Bonchev–Trinajstić information content (AvgIpc) is 2.38. The van der Waals surface area contributed by atoms with Crippen molar-refractivity contribution in [3.05, 3.63) is 62.5 Å². The van der Waals surface area contributed by atoms with Crippen LogP contribution in [0.15, 0.2) is 45.8 Å². The van der Waals surface area contributed by atoms with Crippen molar-refractivity contribution in [3.63, 3.8) is 0 Å². The predicted molar refractivity (Wildman–Crippen MR) is 71.7 cm³/mol. The minimum atomic E-state index is -4.68. The second kappa shape index (κ2) is 5.36. The van der Waals surface area contributed by atoms with Gasteiger partial charge in [-0.15, -0.1) is 0 Å². The molecule has 0 spiro atoms. The number of carbonyl (C=O) groups is 1. The van der Waals surface area contributed by atoms with Gasteiger partial charge in [0.25, 0.3) is 5.56 Å². The Morgan fingerprint density at radius 1 is 1.19 bits per heavy atom. The number of pyridine rings is 1. The maximum atomic E-state index is 13.1. The molecule has 21 heavy (non-hydrogen) atoms. The predicted octanol–water partition coefficient (Wildman–Crippen LogP) is 3.32. The van der Waals surface area contributed by atoms with Crippen LogP contribution in [0.25, 0.3) is 5.69 Å². The zero-order chi connectivity index (χ0) is 15.8. The highest BCUT2D eigenvalue weighted by Gasteiger charge is 2.34. The first kappa shape index (κ1) is 15.3. The minimum Gasteiger partial charge on any atom is -0.478 e. The summed E-state index contributed by atoms with van der Waals surface area (Å²) in [5.74, 6) is -1.34. The first-order valence-electron chi connectivity index (χ1n) is 5.53. The topological polar surface area (TPSA) is 59.3 Å². The fraction of sp³-hybridized carbons (Fsp3) is 0.0769. The van der Waals surface area contributed by atoms with E-state index in [0.717, 1.165) is 30.5 Å². The van der Waals surface area contributed by atoms with Gasteiger partial charge in [-0.25, -0.2) is 4.79 Å². The SMILES string of the molecule is O=C(O)c1ccc(=O)n(-c2ccc(Br)cc2C(F)(F)F)c1. The summed E-state index contributed by atoms with van der Waals surface area (Å²) in [6.45, 7) is 0. The van der Waals surface area contributed by atoms with Crippen LogP contribution in [0.3, 0.4) is 0 Å². The molecule has 0 aliphatic carbocycles. The number of hydrogen-bond donors (Lipinski definition) is 1. The normalized spacial score (nSPS) is 11.4. The van der Waals surface area contributed by atoms with E-state index in [9.17, 15) is 22.8 Å². The molecule has 0 saturated heterocycles. The fourth-order valence-electron chi connectivity index (χ4n) is 1.75. The molecule has 1 aromatic heterocycles. The van der Waals surface area contributed by atoms with Crippen LogP contribution in [-0.2, 0) is 6.18 Å². The number of hydrogen-bond acceptors (Lipinski definition) is 2. The van der Waals surface area contributed by atoms with E-state index in [1.165, 1.54) is 6.07 Å². The smallest absolute Gasteiger partial charge is 0.418 e. The molecule has 1 heterocycles. The number of nitrogens with zero attached hydrogens (tertiary/aromatic N) is 1. The lowest BCUT2D eigenvalue weighted by molar-refractivity contribution is -0.137. The lowest BCUT2D eigenvalue weighted by Gasteiger charge is -2.15. The van der Waals surface area contributed by atoms with Crippen molar-refractivity contribution in [2.24, 2.45) is 0 Å². The van der Waals surface area contributed by atoms with Crippen LogP contribution >= 0.6 is 15.9 Å². The van der Waals surface area contributed by atoms with Crippen molar-refractivity contribution in [1.82, 2.24) is 4.57 Å². The molecule has 8 heteroatoms. The molecule has 2 aromatic rings. The number of halogens is 4. The minimum absolute atomic E-state index is 0.195. The quantitative estimate of drug-likeness (QED) is 0.892. The van der Waals surface area contributed by atoms with E-state index in [2.05, 4.69) is 15.9 Å². The summed E-state index contributed by atoms with van der Waals surface area (Å²) in [5, 5.41) is 8.88. The second-order valence-corrected chi connectivity index (χ2v) is 5.01. The van der Waals surface area contributed by atoms with Gasteiger partial charge in [-0.2, -0.15) is 13.2 Å². The number of rotatable bonds is 2. The van der Waals surface area contributed by atoms with Gasteiger partial charge in [0.05, 0.1) is 16.8 Å². The van der Waals surface area contributed by atoms with E-state index in [1.54, 1.807) is 0 Å². The van der Waals surface area contributed by atoms with Crippen LogP contribution in [0.5, 0.6) is 0 Å². The Bertz CT molecular complexity index is 768. The molecule has 110 valence electrons. The second-order valence-electron chi connectivity index (χ2n) is 4.09. The van der Waals surface area contributed by atoms with E-state index >= 15 is 0 Å². The molecule has 0 aliphatic rings. The Kier molecular flexibility index (Phi) is 3.91. The summed E-state index contributed by atoms with van der Waals surface area (Å²) in [4.78, 5) is 22.6. The largest absolute Gasteiger partial charge is 0.478 e. The van der Waals surface area contributed by atoms with Crippen LogP contribution in [0, 0.1) is 0 Å². The standard InChI is InChI=1S/C13H7BrF3NO3/c14-8-2-3-10(9(5-8)13(15,16)17)18-6-7(12(20)21)1-4-11(18)19/h1-6H,(H,20,21). The van der Waals surface area contributed by atoms with Gasteiger partial charge in [0.15, 0.2) is 0 Å². The van der Waals surface area contributed by atoms with Gasteiger partial charge in [0.2, 0.25) is 0 Å². The molecular formula is C13H7BrF3NO3. The zero-order valence-corrected chi connectivity index (χ0v) is 11.8. The number of carboxylic acid groups (broad SMARTS) is 1. The molecule has 0 saturated carbocycles. The van der Waals surface area contributed by atoms with E-state index in [0.29, 0.717) is 4.57 Å². The average molecular weight is 362 g/mol. The van der Waals surface area contributed by atoms with Crippen molar-refractivity contribution in [3.8, 4) is 5.69 Å². The third-order valence-electron chi connectivity index (χ3n) is 2.68. The molecule has 1 N–H and O–H groups in total. The Hall–Kier alpha value is -2.09. The molecule has 1 aromatic carbocycles. The van der Waals surface area contributed by atoms with Gasteiger partial charge in [-0.1, -0.05) is 15.9 Å². The van der Waals surface area contributed by atoms with Crippen molar-refractivity contribution in [2.45, 2.75) is 6.18 Å². The molecule has 0 fully saturated rings. The van der Waals surface area contributed by atoms with Gasteiger partial charge in [0.1, 0.15) is 0 Å². The summed E-state index contributed by atoms with van der Waals surface area (Å²) >= 11 is 2.94. The molecule has 0 atom stereocenters. The third kappa shape index (κ3) is 3.15. The zero-order valence-electron chi connectivity index (χ0n) is 10.2. The summed E-state index contributed by atoms with van der Waals surface area (Å²) in [6, 6.07) is 5.21. The number of benzene rings is 1. The first-order valence-corrected chi connectivity index (χ1v) is 6.32. The summed E-state index contributed by atoms with van der Waals surface area (Å²) in [7, 11) is 0. The summed E-state index contributed by atoms with van der Waals surface area (Å²) < 4.78 is 40.0.